The van der Waals surface area contributed by atoms with Gasteiger partial charge in [-0.1, -0.05) is 23.7 Å². The van der Waals surface area contributed by atoms with Crippen molar-refractivity contribution in [2.45, 2.75) is 25.8 Å². The minimum Gasteiger partial charge on any atom is -0.394 e. The van der Waals surface area contributed by atoms with Crippen molar-refractivity contribution in [2.24, 2.45) is 0 Å². The van der Waals surface area contributed by atoms with Crippen LogP contribution >= 0.6 is 11.6 Å². The molecule has 1 aromatic carbocycles. The number of hydrogen-bond donors (Lipinski definition) is 1. The van der Waals surface area contributed by atoms with Crippen LogP contribution in [0.5, 0.6) is 0 Å². The van der Waals surface area contributed by atoms with Gasteiger partial charge in [-0.3, -0.25) is 9.78 Å². The molecular weight excluding hydrogens is 312 g/mol. The standard InChI is InChI=1S/C18H19ClN2O2/c1-12-16(19)8-9-17(20-12)13-4-6-14(7-5-13)18(23)21-10-2-3-15(21)11-22/h4-9,15,22H,2-3,10-11H2,1H3/t15-/m0/s1. The fourth-order valence-corrected chi connectivity index (χ4v) is 3.05. The Morgan fingerprint density at radius 1 is 1.30 bits per heavy atom. The summed E-state index contributed by atoms with van der Waals surface area (Å²) in [5, 5.41) is 10.0. The molecule has 120 valence electrons. The summed E-state index contributed by atoms with van der Waals surface area (Å²) in [5.41, 5.74) is 3.20. The second-order valence-corrected chi connectivity index (χ2v) is 6.23. The van der Waals surface area contributed by atoms with Crippen LogP contribution in [0.1, 0.15) is 28.9 Å². The third kappa shape index (κ3) is 3.23. The number of amides is 1. The van der Waals surface area contributed by atoms with Crippen LogP contribution in [0.3, 0.4) is 0 Å². The number of nitrogens with zero attached hydrogens (tertiary/aromatic N) is 2. The molecule has 3 rings (SSSR count). The Bertz CT molecular complexity index is 715. The third-order valence-electron chi connectivity index (χ3n) is 4.30. The molecule has 0 saturated carbocycles. The lowest BCUT2D eigenvalue weighted by atomic mass is 10.1. The van der Waals surface area contributed by atoms with Gasteiger partial charge in [-0.05, 0) is 44.0 Å². The summed E-state index contributed by atoms with van der Waals surface area (Å²) in [7, 11) is 0. The number of carbonyl (C=O) groups is 1. The van der Waals surface area contributed by atoms with Crippen LogP contribution in [0.15, 0.2) is 36.4 Å². The molecule has 0 radical (unpaired) electrons. The van der Waals surface area contributed by atoms with Crippen molar-refractivity contribution in [3.05, 3.63) is 52.7 Å². The molecule has 1 atom stereocenters. The second-order valence-electron chi connectivity index (χ2n) is 5.82. The molecule has 1 aliphatic heterocycles. The SMILES string of the molecule is Cc1nc(-c2ccc(C(=O)N3CCC[C@H]3CO)cc2)ccc1Cl. The number of halogens is 1. The number of pyridine rings is 1. The minimum atomic E-state index is -0.0530. The highest BCUT2D eigenvalue weighted by Crippen LogP contribution is 2.24. The van der Waals surface area contributed by atoms with E-state index in [1.165, 1.54) is 0 Å². The lowest BCUT2D eigenvalue weighted by molar-refractivity contribution is 0.0677. The van der Waals surface area contributed by atoms with Gasteiger partial charge in [-0.15, -0.1) is 0 Å². The van der Waals surface area contributed by atoms with Gasteiger partial charge in [0, 0.05) is 17.7 Å². The summed E-state index contributed by atoms with van der Waals surface area (Å²) in [4.78, 5) is 18.8. The van der Waals surface area contributed by atoms with Crippen molar-refractivity contribution < 1.29 is 9.90 Å². The van der Waals surface area contributed by atoms with Gasteiger partial charge < -0.3 is 10.0 Å². The monoisotopic (exact) mass is 330 g/mol. The Morgan fingerprint density at radius 3 is 2.70 bits per heavy atom. The number of benzene rings is 1. The van der Waals surface area contributed by atoms with Crippen molar-refractivity contribution >= 4 is 17.5 Å². The Kier molecular flexibility index (Phi) is 4.64. The maximum Gasteiger partial charge on any atom is 0.254 e. The molecule has 0 spiro atoms. The number of rotatable bonds is 3. The Labute approximate surface area is 140 Å². The van der Waals surface area contributed by atoms with Crippen molar-refractivity contribution in [2.75, 3.05) is 13.2 Å². The zero-order valence-electron chi connectivity index (χ0n) is 13.0. The Balaban J connectivity index is 1.81. The van der Waals surface area contributed by atoms with E-state index in [0.717, 1.165) is 29.8 Å². The van der Waals surface area contributed by atoms with Crippen molar-refractivity contribution in [3.63, 3.8) is 0 Å². The zero-order chi connectivity index (χ0) is 16.4. The molecule has 1 aliphatic rings. The molecule has 0 aliphatic carbocycles. The predicted octanol–water partition coefficient (Wildman–Crippen LogP) is 3.31. The van der Waals surface area contributed by atoms with Crippen LogP contribution in [-0.4, -0.2) is 40.1 Å². The normalized spacial score (nSPS) is 17.5. The van der Waals surface area contributed by atoms with Gasteiger partial charge in [0.15, 0.2) is 0 Å². The first-order valence-corrected chi connectivity index (χ1v) is 8.13. The fourth-order valence-electron chi connectivity index (χ4n) is 2.95. The number of aromatic nitrogens is 1. The van der Waals surface area contributed by atoms with Crippen LogP contribution in [0.4, 0.5) is 0 Å². The summed E-state index contributed by atoms with van der Waals surface area (Å²) >= 11 is 6.00. The number of aliphatic hydroxyl groups excluding tert-OH is 1. The van der Waals surface area contributed by atoms with Crippen LogP contribution in [0.25, 0.3) is 11.3 Å². The first-order chi connectivity index (χ1) is 11.1. The molecule has 23 heavy (non-hydrogen) atoms. The van der Waals surface area contributed by atoms with Gasteiger partial charge in [-0.2, -0.15) is 0 Å². The smallest absolute Gasteiger partial charge is 0.254 e. The summed E-state index contributed by atoms with van der Waals surface area (Å²) < 4.78 is 0. The molecule has 1 amide bonds. The van der Waals surface area contributed by atoms with Crippen LogP contribution in [-0.2, 0) is 0 Å². The van der Waals surface area contributed by atoms with Gasteiger partial charge >= 0.3 is 0 Å². The lowest BCUT2D eigenvalue weighted by Crippen LogP contribution is -2.37. The van der Waals surface area contributed by atoms with E-state index in [4.69, 9.17) is 11.6 Å². The molecule has 1 saturated heterocycles. The Morgan fingerprint density at radius 2 is 2.04 bits per heavy atom. The number of aryl methyl sites for hydroxylation is 1. The quantitative estimate of drug-likeness (QED) is 0.939. The minimum absolute atomic E-state index is 0.0201. The molecule has 0 unspecified atom stereocenters. The van der Waals surface area contributed by atoms with Crippen LogP contribution in [0.2, 0.25) is 5.02 Å². The summed E-state index contributed by atoms with van der Waals surface area (Å²) in [6.45, 7) is 2.60. The summed E-state index contributed by atoms with van der Waals surface area (Å²) in [5.74, 6) is -0.0201. The second kappa shape index (κ2) is 6.69. The van der Waals surface area contributed by atoms with Gasteiger partial charge in [0.2, 0.25) is 0 Å². The highest BCUT2D eigenvalue weighted by atomic mass is 35.5. The highest BCUT2D eigenvalue weighted by Gasteiger charge is 2.28. The maximum absolute atomic E-state index is 12.5. The first-order valence-electron chi connectivity index (χ1n) is 7.75. The van der Waals surface area contributed by atoms with Crippen molar-refractivity contribution in [1.82, 2.24) is 9.88 Å². The molecule has 4 nitrogen and oxygen atoms in total. The van der Waals surface area contributed by atoms with Crippen LogP contribution < -0.4 is 0 Å². The summed E-state index contributed by atoms with van der Waals surface area (Å²) in [6, 6.07) is 11.1. The molecular formula is C18H19ClN2O2. The van der Waals surface area contributed by atoms with Gasteiger partial charge in [0.1, 0.15) is 0 Å². The van der Waals surface area contributed by atoms with E-state index in [1.54, 1.807) is 4.90 Å². The number of likely N-dealkylation sites (tertiary alicyclic amines) is 1. The number of aliphatic hydroxyl groups is 1. The lowest BCUT2D eigenvalue weighted by Gasteiger charge is -2.23. The van der Waals surface area contributed by atoms with Gasteiger partial charge in [-0.25, -0.2) is 0 Å². The Hall–Kier alpha value is -1.91. The molecule has 2 aromatic rings. The average molecular weight is 331 g/mol. The highest BCUT2D eigenvalue weighted by molar-refractivity contribution is 6.31. The molecule has 5 heteroatoms. The van der Waals surface area contributed by atoms with Crippen molar-refractivity contribution in [1.29, 1.82) is 0 Å². The van der Waals surface area contributed by atoms with E-state index in [-0.39, 0.29) is 18.6 Å². The van der Waals surface area contributed by atoms with E-state index in [1.807, 2.05) is 43.3 Å². The summed E-state index contributed by atoms with van der Waals surface area (Å²) in [6.07, 6.45) is 1.82. The van der Waals surface area contributed by atoms with Gasteiger partial charge in [0.25, 0.3) is 5.91 Å². The largest absolute Gasteiger partial charge is 0.394 e. The van der Waals surface area contributed by atoms with Crippen molar-refractivity contribution in [3.8, 4) is 11.3 Å². The van der Waals surface area contributed by atoms with Crippen LogP contribution in [0, 0.1) is 6.92 Å². The van der Waals surface area contributed by atoms with E-state index in [0.29, 0.717) is 17.1 Å². The maximum atomic E-state index is 12.5. The molecule has 0 bridgehead atoms. The fraction of sp³-hybridized carbons (Fsp3) is 0.333. The van der Waals surface area contributed by atoms with E-state index in [9.17, 15) is 9.90 Å². The predicted molar refractivity (Wildman–Crippen MR) is 90.6 cm³/mol. The topological polar surface area (TPSA) is 53.4 Å². The van der Waals surface area contributed by atoms with E-state index in [2.05, 4.69) is 4.98 Å². The number of carbonyl (C=O) groups excluding carboxylic acids is 1. The molecule has 1 aromatic heterocycles. The van der Waals surface area contributed by atoms with Gasteiger partial charge in [0.05, 0.1) is 29.1 Å². The first kappa shape index (κ1) is 16.0. The third-order valence-corrected chi connectivity index (χ3v) is 4.70. The molecule has 2 heterocycles. The van der Waals surface area contributed by atoms with E-state index >= 15 is 0 Å². The number of hydrogen-bond acceptors (Lipinski definition) is 3. The molecule has 1 fully saturated rings. The molecule has 1 N–H and O–H groups in total. The average Bonchev–Trinajstić information content (AvgIpc) is 3.05. The van der Waals surface area contributed by atoms with E-state index < -0.39 is 0 Å². The zero-order valence-corrected chi connectivity index (χ0v) is 13.8.